The van der Waals surface area contributed by atoms with Crippen molar-refractivity contribution < 1.29 is 9.53 Å². The van der Waals surface area contributed by atoms with E-state index in [9.17, 15) is 4.79 Å². The first kappa shape index (κ1) is 16.6. The van der Waals surface area contributed by atoms with Crippen molar-refractivity contribution in [1.82, 2.24) is 29.4 Å². The van der Waals surface area contributed by atoms with E-state index in [1.165, 1.54) is 0 Å². The number of fused-ring (bicyclic) bond motifs is 1. The predicted molar refractivity (Wildman–Crippen MR) is 87.7 cm³/mol. The van der Waals surface area contributed by atoms with Crippen molar-refractivity contribution in [2.24, 2.45) is 0 Å². The maximum atomic E-state index is 12.8. The van der Waals surface area contributed by atoms with Crippen LogP contribution in [-0.4, -0.2) is 55.6 Å². The monoisotopic (exact) mass is 332 g/mol. The Hall–Kier alpha value is -2.22. The zero-order chi connectivity index (χ0) is 17.3. The van der Waals surface area contributed by atoms with Crippen molar-refractivity contribution in [1.29, 1.82) is 0 Å². The summed E-state index contributed by atoms with van der Waals surface area (Å²) in [6.45, 7) is 8.75. The van der Waals surface area contributed by atoms with Gasteiger partial charge in [-0.2, -0.15) is 5.10 Å². The number of amides is 1. The molecule has 0 fully saturated rings. The summed E-state index contributed by atoms with van der Waals surface area (Å²) >= 11 is 0. The quantitative estimate of drug-likeness (QED) is 0.828. The molecule has 1 unspecified atom stereocenters. The summed E-state index contributed by atoms with van der Waals surface area (Å²) in [5, 5.41) is 13.0. The summed E-state index contributed by atoms with van der Waals surface area (Å²) in [5.41, 5.74) is 0.454. The molecule has 0 saturated heterocycles. The summed E-state index contributed by atoms with van der Waals surface area (Å²) in [5.74, 6) is 2.07. The van der Waals surface area contributed by atoms with Gasteiger partial charge in [0.2, 0.25) is 0 Å². The van der Waals surface area contributed by atoms with Crippen LogP contribution in [0.15, 0.2) is 12.3 Å². The lowest BCUT2D eigenvalue weighted by Crippen LogP contribution is -2.41. The van der Waals surface area contributed by atoms with Crippen LogP contribution < -0.4 is 0 Å². The second-order valence-electron chi connectivity index (χ2n) is 6.35. The molecule has 2 aromatic heterocycles. The molecule has 1 atom stereocenters. The van der Waals surface area contributed by atoms with Gasteiger partial charge in [0.25, 0.3) is 5.91 Å². The van der Waals surface area contributed by atoms with E-state index in [0.29, 0.717) is 31.3 Å². The summed E-state index contributed by atoms with van der Waals surface area (Å²) < 4.78 is 8.90. The number of hydrogen-bond donors (Lipinski definition) is 0. The fraction of sp³-hybridized carbons (Fsp3) is 0.625. The highest BCUT2D eigenvalue weighted by atomic mass is 16.5. The third kappa shape index (κ3) is 2.93. The van der Waals surface area contributed by atoms with Gasteiger partial charge >= 0.3 is 0 Å². The lowest BCUT2D eigenvalue weighted by atomic mass is 10.1. The minimum Gasteiger partial charge on any atom is -0.383 e. The largest absolute Gasteiger partial charge is 0.383 e. The maximum absolute atomic E-state index is 12.8. The van der Waals surface area contributed by atoms with E-state index in [1.54, 1.807) is 24.1 Å². The molecule has 0 N–H and O–H groups in total. The van der Waals surface area contributed by atoms with Crippen LogP contribution in [0.3, 0.4) is 0 Å². The van der Waals surface area contributed by atoms with Gasteiger partial charge in [-0.15, -0.1) is 10.2 Å². The van der Waals surface area contributed by atoms with Gasteiger partial charge in [-0.25, -0.2) is 0 Å². The number of methoxy groups -OCH3 is 1. The predicted octanol–water partition coefficient (Wildman–Crippen LogP) is 1.46. The molecule has 24 heavy (non-hydrogen) atoms. The molecule has 0 saturated carbocycles. The van der Waals surface area contributed by atoms with E-state index in [0.717, 1.165) is 18.2 Å². The Morgan fingerprint density at radius 1 is 1.38 bits per heavy atom. The van der Waals surface area contributed by atoms with Gasteiger partial charge in [-0.05, 0) is 13.0 Å². The van der Waals surface area contributed by atoms with Crippen LogP contribution in [-0.2, 0) is 17.8 Å². The fourth-order valence-electron chi connectivity index (χ4n) is 3.04. The highest BCUT2D eigenvalue weighted by Gasteiger charge is 2.32. The molecule has 2 aromatic rings. The Morgan fingerprint density at radius 2 is 2.17 bits per heavy atom. The standard InChI is InChI=1S/C16H24N6O2/c1-11(2)14-17-18-15-12(3)21(7-8-22(14)15)16(23)13-5-6-20(19-13)9-10-24-4/h5-6,11-12H,7-10H2,1-4H3. The first-order valence-electron chi connectivity index (χ1n) is 8.29. The minimum absolute atomic E-state index is 0.0704. The van der Waals surface area contributed by atoms with E-state index in [4.69, 9.17) is 4.74 Å². The molecule has 1 aliphatic heterocycles. The number of ether oxygens (including phenoxy) is 1. The molecule has 0 bridgehead atoms. The zero-order valence-electron chi connectivity index (χ0n) is 14.6. The highest BCUT2D eigenvalue weighted by molar-refractivity contribution is 5.92. The van der Waals surface area contributed by atoms with Crippen molar-refractivity contribution in [3.8, 4) is 0 Å². The van der Waals surface area contributed by atoms with Gasteiger partial charge in [0.15, 0.2) is 5.82 Å². The summed E-state index contributed by atoms with van der Waals surface area (Å²) in [6, 6.07) is 1.64. The first-order valence-corrected chi connectivity index (χ1v) is 8.29. The second-order valence-corrected chi connectivity index (χ2v) is 6.35. The molecule has 8 nitrogen and oxygen atoms in total. The van der Waals surface area contributed by atoms with Crippen LogP contribution in [0, 0.1) is 0 Å². The highest BCUT2D eigenvalue weighted by Crippen LogP contribution is 2.27. The molecule has 0 radical (unpaired) electrons. The number of hydrogen-bond acceptors (Lipinski definition) is 5. The van der Waals surface area contributed by atoms with E-state index in [2.05, 4.69) is 33.7 Å². The average molecular weight is 332 g/mol. The van der Waals surface area contributed by atoms with Gasteiger partial charge < -0.3 is 14.2 Å². The molecule has 0 aromatic carbocycles. The molecular formula is C16H24N6O2. The number of carbonyl (C=O) groups is 1. The minimum atomic E-state index is -0.115. The summed E-state index contributed by atoms with van der Waals surface area (Å²) in [6.07, 6.45) is 1.81. The van der Waals surface area contributed by atoms with Crippen molar-refractivity contribution >= 4 is 5.91 Å². The summed E-state index contributed by atoms with van der Waals surface area (Å²) in [7, 11) is 1.65. The molecule has 0 spiro atoms. The molecule has 1 aliphatic rings. The fourth-order valence-corrected chi connectivity index (χ4v) is 3.04. The van der Waals surface area contributed by atoms with Crippen LogP contribution in [0.4, 0.5) is 0 Å². The topological polar surface area (TPSA) is 78.1 Å². The van der Waals surface area contributed by atoms with E-state index >= 15 is 0 Å². The third-order valence-corrected chi connectivity index (χ3v) is 4.38. The smallest absolute Gasteiger partial charge is 0.275 e. The Kier molecular flexibility index (Phi) is 4.66. The van der Waals surface area contributed by atoms with Crippen LogP contribution in [0.2, 0.25) is 0 Å². The Labute approximate surface area is 141 Å². The maximum Gasteiger partial charge on any atom is 0.275 e. The van der Waals surface area contributed by atoms with Crippen LogP contribution in [0.25, 0.3) is 0 Å². The van der Waals surface area contributed by atoms with Crippen LogP contribution in [0.1, 0.15) is 54.9 Å². The van der Waals surface area contributed by atoms with Crippen molar-refractivity contribution in [3.63, 3.8) is 0 Å². The molecule has 0 aliphatic carbocycles. The van der Waals surface area contributed by atoms with Gasteiger partial charge in [0, 0.05) is 32.3 Å². The molecule has 8 heteroatoms. The lowest BCUT2D eigenvalue weighted by Gasteiger charge is -2.33. The molecule has 3 rings (SSSR count). The SMILES string of the molecule is COCCn1ccc(C(=O)N2CCn3c(C(C)C)nnc3C2C)n1. The van der Waals surface area contributed by atoms with Crippen molar-refractivity contribution in [3.05, 3.63) is 29.6 Å². The van der Waals surface area contributed by atoms with Crippen LogP contribution >= 0.6 is 0 Å². The van der Waals surface area contributed by atoms with Gasteiger partial charge in [-0.1, -0.05) is 13.8 Å². The van der Waals surface area contributed by atoms with E-state index in [-0.39, 0.29) is 11.9 Å². The second kappa shape index (κ2) is 6.72. The lowest BCUT2D eigenvalue weighted by molar-refractivity contribution is 0.0628. The van der Waals surface area contributed by atoms with E-state index in [1.807, 2.05) is 11.8 Å². The van der Waals surface area contributed by atoms with Gasteiger partial charge in [-0.3, -0.25) is 9.48 Å². The van der Waals surface area contributed by atoms with Crippen molar-refractivity contribution in [2.75, 3.05) is 20.3 Å². The number of carbonyl (C=O) groups excluding carboxylic acids is 1. The third-order valence-electron chi connectivity index (χ3n) is 4.38. The number of rotatable bonds is 5. The van der Waals surface area contributed by atoms with E-state index < -0.39 is 0 Å². The van der Waals surface area contributed by atoms with Gasteiger partial charge in [0.1, 0.15) is 11.5 Å². The Morgan fingerprint density at radius 3 is 2.88 bits per heavy atom. The van der Waals surface area contributed by atoms with Crippen molar-refractivity contribution in [2.45, 2.75) is 45.8 Å². The molecule has 3 heterocycles. The Bertz CT molecular complexity index is 720. The first-order chi connectivity index (χ1) is 11.5. The summed E-state index contributed by atoms with van der Waals surface area (Å²) in [4.78, 5) is 14.6. The Balaban J connectivity index is 1.77. The van der Waals surface area contributed by atoms with Gasteiger partial charge in [0.05, 0.1) is 19.2 Å². The normalized spacial score (nSPS) is 17.4. The molecule has 130 valence electrons. The number of nitrogens with zero attached hydrogens (tertiary/aromatic N) is 6. The molecular weight excluding hydrogens is 308 g/mol. The van der Waals surface area contributed by atoms with Crippen LogP contribution in [0.5, 0.6) is 0 Å². The number of aromatic nitrogens is 5. The zero-order valence-corrected chi connectivity index (χ0v) is 14.6. The average Bonchev–Trinajstić information content (AvgIpc) is 3.20. The molecule has 1 amide bonds.